The van der Waals surface area contributed by atoms with E-state index in [0.29, 0.717) is 5.56 Å². The van der Waals surface area contributed by atoms with Crippen LogP contribution in [0.25, 0.3) is 0 Å². The van der Waals surface area contributed by atoms with Gasteiger partial charge in [0.2, 0.25) is 0 Å². The van der Waals surface area contributed by atoms with E-state index in [2.05, 4.69) is 24.4 Å². The van der Waals surface area contributed by atoms with E-state index in [1.165, 1.54) is 5.56 Å². The van der Waals surface area contributed by atoms with Crippen LogP contribution in [-0.2, 0) is 6.42 Å². The summed E-state index contributed by atoms with van der Waals surface area (Å²) < 4.78 is 0. The van der Waals surface area contributed by atoms with Gasteiger partial charge in [-0.15, -0.1) is 0 Å². The number of benzene rings is 2. The van der Waals surface area contributed by atoms with Crippen molar-refractivity contribution >= 4 is 17.7 Å². The molecule has 17 heavy (non-hydrogen) atoms. The van der Waals surface area contributed by atoms with Crippen LogP contribution in [0.2, 0.25) is 0 Å². The molecule has 0 aromatic heterocycles. The number of hydrogen-bond acceptors (Lipinski definition) is 2. The Morgan fingerprint density at radius 2 is 1.76 bits per heavy atom. The molecule has 0 saturated heterocycles. The fourth-order valence-corrected chi connectivity index (χ4v) is 1.75. The van der Waals surface area contributed by atoms with E-state index in [0.717, 1.165) is 24.1 Å². The number of nitrogens with one attached hydrogen (secondary N) is 1. The molecule has 0 aliphatic rings. The smallest absolute Gasteiger partial charge is 0.150 e. The Bertz CT molecular complexity index is 503. The standard InChI is InChI=1S/C15H15NO/c1-2-13-5-3-4-6-15(13)16-14-9-7-12(11-17)8-10-14/h3-11,16H,2H2,1H3. The average molecular weight is 225 g/mol. The molecule has 0 spiro atoms. The minimum absolute atomic E-state index is 0.694. The highest BCUT2D eigenvalue weighted by molar-refractivity contribution is 5.76. The van der Waals surface area contributed by atoms with Gasteiger partial charge in [-0.1, -0.05) is 25.1 Å². The van der Waals surface area contributed by atoms with Gasteiger partial charge < -0.3 is 5.32 Å². The highest BCUT2D eigenvalue weighted by Crippen LogP contribution is 2.21. The molecule has 2 heteroatoms. The Balaban J connectivity index is 2.21. The average Bonchev–Trinajstić information content (AvgIpc) is 2.40. The van der Waals surface area contributed by atoms with E-state index < -0.39 is 0 Å². The van der Waals surface area contributed by atoms with Crippen LogP contribution in [0.5, 0.6) is 0 Å². The van der Waals surface area contributed by atoms with Crippen LogP contribution in [0.4, 0.5) is 11.4 Å². The Labute approximate surface area is 101 Å². The van der Waals surface area contributed by atoms with Crippen LogP contribution in [0.1, 0.15) is 22.8 Å². The molecule has 86 valence electrons. The molecule has 0 heterocycles. The predicted octanol–water partition coefficient (Wildman–Crippen LogP) is 3.81. The lowest BCUT2D eigenvalue weighted by molar-refractivity contribution is 0.112. The zero-order chi connectivity index (χ0) is 12.1. The Kier molecular flexibility index (Phi) is 3.55. The van der Waals surface area contributed by atoms with E-state index in [4.69, 9.17) is 0 Å². The first-order chi connectivity index (χ1) is 8.33. The van der Waals surface area contributed by atoms with Crippen LogP contribution in [0.15, 0.2) is 48.5 Å². The monoisotopic (exact) mass is 225 g/mol. The van der Waals surface area contributed by atoms with Gasteiger partial charge in [0, 0.05) is 16.9 Å². The summed E-state index contributed by atoms with van der Waals surface area (Å²) in [5, 5.41) is 3.36. The second-order valence-electron chi connectivity index (χ2n) is 3.88. The third-order valence-corrected chi connectivity index (χ3v) is 2.72. The van der Waals surface area contributed by atoms with Crippen molar-refractivity contribution in [1.82, 2.24) is 0 Å². The second-order valence-corrected chi connectivity index (χ2v) is 3.88. The summed E-state index contributed by atoms with van der Waals surface area (Å²) in [7, 11) is 0. The summed E-state index contributed by atoms with van der Waals surface area (Å²) in [6, 6.07) is 15.7. The van der Waals surface area contributed by atoms with Crippen LogP contribution in [0.3, 0.4) is 0 Å². The Morgan fingerprint density at radius 1 is 1.06 bits per heavy atom. The summed E-state index contributed by atoms with van der Waals surface area (Å²) in [6.45, 7) is 2.13. The van der Waals surface area contributed by atoms with Crippen LogP contribution in [0, 0.1) is 0 Å². The first kappa shape index (κ1) is 11.4. The van der Waals surface area contributed by atoms with Gasteiger partial charge in [0.1, 0.15) is 6.29 Å². The van der Waals surface area contributed by atoms with Crippen molar-refractivity contribution in [2.24, 2.45) is 0 Å². The number of hydrogen-bond donors (Lipinski definition) is 1. The normalized spacial score (nSPS) is 9.94. The van der Waals surface area contributed by atoms with E-state index >= 15 is 0 Å². The molecule has 0 amide bonds. The van der Waals surface area contributed by atoms with E-state index in [1.54, 1.807) is 0 Å². The Hall–Kier alpha value is -2.09. The second kappa shape index (κ2) is 5.30. The van der Waals surface area contributed by atoms with Gasteiger partial charge in [0.15, 0.2) is 0 Å². The van der Waals surface area contributed by atoms with Gasteiger partial charge in [0.25, 0.3) is 0 Å². The lowest BCUT2D eigenvalue weighted by atomic mass is 10.1. The summed E-state index contributed by atoms with van der Waals surface area (Å²) in [5.41, 5.74) is 4.09. The minimum atomic E-state index is 0.694. The largest absolute Gasteiger partial charge is 0.355 e. The molecule has 0 aliphatic carbocycles. The Morgan fingerprint density at radius 3 is 2.41 bits per heavy atom. The highest BCUT2D eigenvalue weighted by Gasteiger charge is 1.99. The maximum Gasteiger partial charge on any atom is 0.150 e. The number of carbonyl (C=O) groups is 1. The maximum absolute atomic E-state index is 10.6. The molecule has 2 aromatic rings. The lowest BCUT2D eigenvalue weighted by Crippen LogP contribution is -1.95. The quantitative estimate of drug-likeness (QED) is 0.802. The molecule has 0 unspecified atom stereocenters. The van der Waals surface area contributed by atoms with E-state index in [1.807, 2.05) is 36.4 Å². The minimum Gasteiger partial charge on any atom is -0.355 e. The molecule has 0 bridgehead atoms. The van der Waals surface area contributed by atoms with Gasteiger partial charge >= 0.3 is 0 Å². The van der Waals surface area contributed by atoms with Gasteiger partial charge in [-0.25, -0.2) is 0 Å². The topological polar surface area (TPSA) is 29.1 Å². The number of aryl methyl sites for hydroxylation is 1. The third kappa shape index (κ3) is 2.72. The van der Waals surface area contributed by atoms with Crippen molar-refractivity contribution in [3.63, 3.8) is 0 Å². The van der Waals surface area contributed by atoms with Crippen molar-refractivity contribution in [2.75, 3.05) is 5.32 Å². The molecule has 1 N–H and O–H groups in total. The SMILES string of the molecule is CCc1ccccc1Nc1ccc(C=O)cc1. The zero-order valence-corrected chi connectivity index (χ0v) is 9.81. The van der Waals surface area contributed by atoms with Gasteiger partial charge in [-0.05, 0) is 42.3 Å². The van der Waals surface area contributed by atoms with E-state index in [-0.39, 0.29) is 0 Å². The number of para-hydroxylation sites is 1. The fraction of sp³-hybridized carbons (Fsp3) is 0.133. The first-order valence-electron chi connectivity index (χ1n) is 5.73. The molecule has 2 aromatic carbocycles. The summed E-state index contributed by atoms with van der Waals surface area (Å²) >= 11 is 0. The lowest BCUT2D eigenvalue weighted by Gasteiger charge is -2.10. The first-order valence-corrected chi connectivity index (χ1v) is 5.73. The number of anilines is 2. The molecular formula is C15H15NO. The molecule has 2 nitrogen and oxygen atoms in total. The molecule has 0 atom stereocenters. The summed E-state index contributed by atoms with van der Waals surface area (Å²) in [4.78, 5) is 10.6. The van der Waals surface area contributed by atoms with E-state index in [9.17, 15) is 4.79 Å². The molecule has 0 saturated carbocycles. The number of aldehydes is 1. The fourth-order valence-electron chi connectivity index (χ4n) is 1.75. The molecule has 0 radical (unpaired) electrons. The number of carbonyl (C=O) groups excluding carboxylic acids is 1. The van der Waals surface area contributed by atoms with Crippen LogP contribution < -0.4 is 5.32 Å². The van der Waals surface area contributed by atoms with Crippen molar-refractivity contribution < 1.29 is 4.79 Å². The summed E-state index contributed by atoms with van der Waals surface area (Å²) in [5.74, 6) is 0. The third-order valence-electron chi connectivity index (χ3n) is 2.72. The van der Waals surface area contributed by atoms with Gasteiger partial charge in [0.05, 0.1) is 0 Å². The van der Waals surface area contributed by atoms with Crippen molar-refractivity contribution in [1.29, 1.82) is 0 Å². The summed E-state index contributed by atoms with van der Waals surface area (Å²) in [6.07, 6.45) is 1.85. The van der Waals surface area contributed by atoms with Crippen molar-refractivity contribution in [3.05, 3.63) is 59.7 Å². The molecular weight excluding hydrogens is 210 g/mol. The molecule has 2 rings (SSSR count). The van der Waals surface area contributed by atoms with Crippen molar-refractivity contribution in [2.45, 2.75) is 13.3 Å². The van der Waals surface area contributed by atoms with Gasteiger partial charge in [-0.3, -0.25) is 4.79 Å². The zero-order valence-electron chi connectivity index (χ0n) is 9.81. The predicted molar refractivity (Wildman–Crippen MR) is 70.9 cm³/mol. The van der Waals surface area contributed by atoms with Crippen molar-refractivity contribution in [3.8, 4) is 0 Å². The van der Waals surface area contributed by atoms with Crippen LogP contribution in [-0.4, -0.2) is 6.29 Å². The van der Waals surface area contributed by atoms with Crippen LogP contribution >= 0.6 is 0 Å². The molecule has 0 fully saturated rings. The highest BCUT2D eigenvalue weighted by atomic mass is 16.1. The molecule has 0 aliphatic heterocycles. The maximum atomic E-state index is 10.6. The van der Waals surface area contributed by atoms with Gasteiger partial charge in [-0.2, -0.15) is 0 Å². The number of rotatable bonds is 4.